The van der Waals surface area contributed by atoms with Gasteiger partial charge in [0.2, 0.25) is 6.00 Å². The van der Waals surface area contributed by atoms with E-state index in [1.807, 2.05) is 6.07 Å². The third-order valence-electron chi connectivity index (χ3n) is 1.16. The molecule has 2 nitrogen and oxygen atoms in total. The number of pyridine rings is 1. The average molecular weight is 154 g/mol. The zero-order valence-corrected chi connectivity index (χ0v) is 6.04. The summed E-state index contributed by atoms with van der Waals surface area (Å²) in [7, 11) is 0. The van der Waals surface area contributed by atoms with Gasteiger partial charge in [-0.1, -0.05) is 11.6 Å². The van der Waals surface area contributed by atoms with Gasteiger partial charge in [0.25, 0.3) is 0 Å². The summed E-state index contributed by atoms with van der Waals surface area (Å²) >= 11 is 5.50. The summed E-state index contributed by atoms with van der Waals surface area (Å²) in [6, 6.07) is 5.89. The predicted molar refractivity (Wildman–Crippen MR) is 37.2 cm³/mol. The van der Waals surface area contributed by atoms with Gasteiger partial charge in [-0.05, 0) is 0 Å². The monoisotopic (exact) mass is 153 g/mol. The van der Waals surface area contributed by atoms with Crippen molar-refractivity contribution < 1.29 is 4.57 Å². The van der Waals surface area contributed by atoms with Crippen molar-refractivity contribution in [3.8, 4) is 6.07 Å². The summed E-state index contributed by atoms with van der Waals surface area (Å²) in [6.07, 6.45) is 3.54. The molecule has 0 bridgehead atoms. The van der Waals surface area contributed by atoms with Gasteiger partial charge in [0.1, 0.15) is 0 Å². The summed E-state index contributed by atoms with van der Waals surface area (Å²) < 4.78 is 1.78. The quantitative estimate of drug-likeness (QED) is 0.438. The third kappa shape index (κ3) is 1.46. The van der Waals surface area contributed by atoms with E-state index in [1.165, 1.54) is 0 Å². The fourth-order valence-corrected chi connectivity index (χ4v) is 0.771. The Morgan fingerprint density at radius 3 is 2.50 bits per heavy atom. The normalized spacial score (nSPS) is 8.80. The Balaban J connectivity index is 2.93. The van der Waals surface area contributed by atoms with Crippen LogP contribution in [0.5, 0.6) is 0 Å². The molecule has 0 saturated carbocycles. The second-order valence-corrected chi connectivity index (χ2v) is 2.07. The van der Waals surface area contributed by atoms with Gasteiger partial charge in [0.15, 0.2) is 12.4 Å². The van der Waals surface area contributed by atoms with Gasteiger partial charge < -0.3 is 0 Å². The first-order valence-corrected chi connectivity index (χ1v) is 3.35. The minimum absolute atomic E-state index is 0.422. The standard InChI is InChI=1S/C7H6ClN2/c8-6-10-3-1-7(5-9)2-4-10/h1-4H,6H2/q+1. The van der Waals surface area contributed by atoms with Crippen molar-refractivity contribution in [1.29, 1.82) is 5.26 Å². The van der Waals surface area contributed by atoms with Gasteiger partial charge in [-0.3, -0.25) is 0 Å². The molecule has 1 aromatic heterocycles. The highest BCUT2D eigenvalue weighted by molar-refractivity contribution is 6.14. The Hall–Kier alpha value is -1.07. The van der Waals surface area contributed by atoms with Gasteiger partial charge in [-0.25, -0.2) is 0 Å². The molecular weight excluding hydrogens is 148 g/mol. The van der Waals surface area contributed by atoms with E-state index in [2.05, 4.69) is 0 Å². The van der Waals surface area contributed by atoms with Crippen molar-refractivity contribution in [2.45, 2.75) is 6.00 Å². The topological polar surface area (TPSA) is 27.7 Å². The van der Waals surface area contributed by atoms with Gasteiger partial charge in [-0.2, -0.15) is 9.83 Å². The van der Waals surface area contributed by atoms with Crippen molar-refractivity contribution in [2.24, 2.45) is 0 Å². The van der Waals surface area contributed by atoms with Crippen LogP contribution in [-0.4, -0.2) is 0 Å². The summed E-state index contributed by atoms with van der Waals surface area (Å²) in [4.78, 5) is 0. The first-order chi connectivity index (χ1) is 4.86. The summed E-state index contributed by atoms with van der Waals surface area (Å²) in [5.74, 6) is 0. The molecule has 0 fully saturated rings. The maximum Gasteiger partial charge on any atom is 0.222 e. The van der Waals surface area contributed by atoms with Gasteiger partial charge >= 0.3 is 0 Å². The molecule has 0 N–H and O–H groups in total. The van der Waals surface area contributed by atoms with Crippen molar-refractivity contribution in [3.05, 3.63) is 30.1 Å². The minimum Gasteiger partial charge on any atom is -0.192 e. The number of alkyl halides is 1. The van der Waals surface area contributed by atoms with E-state index >= 15 is 0 Å². The van der Waals surface area contributed by atoms with Gasteiger partial charge in [0, 0.05) is 12.1 Å². The lowest BCUT2D eigenvalue weighted by molar-refractivity contribution is -0.678. The smallest absolute Gasteiger partial charge is 0.192 e. The van der Waals surface area contributed by atoms with E-state index in [0.29, 0.717) is 11.6 Å². The fraction of sp³-hybridized carbons (Fsp3) is 0.143. The molecule has 1 aromatic rings. The van der Waals surface area contributed by atoms with E-state index in [0.717, 1.165) is 0 Å². The molecule has 3 heteroatoms. The molecule has 0 atom stereocenters. The van der Waals surface area contributed by atoms with Crippen LogP contribution in [0.3, 0.4) is 0 Å². The van der Waals surface area contributed by atoms with E-state index in [9.17, 15) is 0 Å². The Labute approximate surface area is 64.3 Å². The molecule has 0 amide bonds. The molecule has 10 heavy (non-hydrogen) atoms. The van der Waals surface area contributed by atoms with Crippen molar-refractivity contribution in [1.82, 2.24) is 0 Å². The SMILES string of the molecule is N#Cc1cc[n+](CCl)cc1. The molecule has 0 spiro atoms. The number of aromatic nitrogens is 1. The lowest BCUT2D eigenvalue weighted by atomic mass is 10.3. The van der Waals surface area contributed by atoms with Crippen LogP contribution in [0.1, 0.15) is 5.56 Å². The number of hydrogen-bond acceptors (Lipinski definition) is 1. The van der Waals surface area contributed by atoms with E-state index < -0.39 is 0 Å². The molecule has 0 aliphatic rings. The average Bonchev–Trinajstić information content (AvgIpc) is 2.05. The van der Waals surface area contributed by atoms with Crippen LogP contribution in [0.2, 0.25) is 0 Å². The number of nitrogens with zero attached hydrogens (tertiary/aromatic N) is 2. The van der Waals surface area contributed by atoms with Crippen LogP contribution in [0.25, 0.3) is 0 Å². The highest BCUT2D eigenvalue weighted by Crippen LogP contribution is 1.90. The molecule has 50 valence electrons. The van der Waals surface area contributed by atoms with Gasteiger partial charge in [0.05, 0.1) is 11.6 Å². The molecular formula is C7H6ClN2+. The first-order valence-electron chi connectivity index (χ1n) is 2.82. The predicted octanol–water partition coefficient (Wildman–Crippen LogP) is 1.04. The minimum atomic E-state index is 0.422. The van der Waals surface area contributed by atoms with Crippen molar-refractivity contribution >= 4 is 11.6 Å². The zero-order valence-electron chi connectivity index (χ0n) is 5.29. The highest BCUT2D eigenvalue weighted by Gasteiger charge is 1.95. The molecule has 0 aliphatic heterocycles. The van der Waals surface area contributed by atoms with Crippen molar-refractivity contribution in [2.75, 3.05) is 0 Å². The second-order valence-electron chi connectivity index (χ2n) is 1.83. The molecule has 0 aliphatic carbocycles. The van der Waals surface area contributed by atoms with Gasteiger partial charge in [-0.15, -0.1) is 0 Å². The first kappa shape index (κ1) is 7.04. The second kappa shape index (κ2) is 3.19. The van der Waals surface area contributed by atoms with Crippen LogP contribution < -0.4 is 4.57 Å². The Kier molecular flexibility index (Phi) is 2.24. The Morgan fingerprint density at radius 1 is 1.50 bits per heavy atom. The lowest BCUT2D eigenvalue weighted by Crippen LogP contribution is -2.29. The van der Waals surface area contributed by atoms with E-state index in [4.69, 9.17) is 16.9 Å². The molecule has 0 unspecified atom stereocenters. The van der Waals surface area contributed by atoms with Crippen LogP contribution in [0.15, 0.2) is 24.5 Å². The van der Waals surface area contributed by atoms with Crippen LogP contribution in [0, 0.1) is 11.3 Å². The highest BCUT2D eigenvalue weighted by atomic mass is 35.5. The maximum atomic E-state index is 8.41. The molecule has 0 radical (unpaired) electrons. The van der Waals surface area contributed by atoms with Crippen molar-refractivity contribution in [3.63, 3.8) is 0 Å². The largest absolute Gasteiger partial charge is 0.222 e. The Morgan fingerprint density at radius 2 is 2.10 bits per heavy atom. The maximum absolute atomic E-state index is 8.41. The van der Waals surface area contributed by atoms with Crippen LogP contribution in [0.4, 0.5) is 0 Å². The lowest BCUT2D eigenvalue weighted by Gasteiger charge is -1.86. The molecule has 1 heterocycles. The fourth-order valence-electron chi connectivity index (χ4n) is 0.612. The number of rotatable bonds is 1. The van der Waals surface area contributed by atoms with Crippen LogP contribution in [-0.2, 0) is 6.00 Å². The summed E-state index contributed by atoms with van der Waals surface area (Å²) in [6.45, 7) is 0. The van der Waals surface area contributed by atoms with E-state index in [1.54, 1.807) is 29.1 Å². The summed E-state index contributed by atoms with van der Waals surface area (Å²) in [5, 5.41) is 8.41. The summed E-state index contributed by atoms with van der Waals surface area (Å²) in [5.41, 5.74) is 0.654. The van der Waals surface area contributed by atoms with Crippen LogP contribution >= 0.6 is 11.6 Å². The third-order valence-corrected chi connectivity index (χ3v) is 1.43. The number of halogens is 1. The molecule has 1 rings (SSSR count). The Bertz CT molecular complexity index is 247. The number of nitriles is 1. The molecule has 0 aromatic carbocycles. The molecule has 0 saturated heterocycles. The zero-order chi connectivity index (χ0) is 7.40. The number of hydrogen-bond donors (Lipinski definition) is 0. The van der Waals surface area contributed by atoms with E-state index in [-0.39, 0.29) is 0 Å².